The van der Waals surface area contributed by atoms with Crippen LogP contribution < -0.4 is 5.73 Å². The molecular weight excluding hydrogens is 302 g/mol. The lowest BCUT2D eigenvalue weighted by molar-refractivity contribution is 0.475. The number of allylic oxidation sites excluding steroid dienone is 1. The van der Waals surface area contributed by atoms with Gasteiger partial charge in [0.25, 0.3) is 0 Å². The van der Waals surface area contributed by atoms with Gasteiger partial charge in [0.2, 0.25) is 5.95 Å². The number of rotatable bonds is 2. The Balaban J connectivity index is 2.04. The van der Waals surface area contributed by atoms with E-state index in [1.165, 1.54) is 4.52 Å². The van der Waals surface area contributed by atoms with Crippen molar-refractivity contribution >= 4 is 28.1 Å². The molecule has 4 aromatic rings. The first-order valence-electron chi connectivity index (χ1n) is 7.45. The topological polar surface area (TPSA) is 89.3 Å². The van der Waals surface area contributed by atoms with E-state index < -0.39 is 0 Å². The SMILES string of the molecule is C=C(C)c1cccc2c1nc(N)n1nc(-c3ccc(O)cc3)nc21. The van der Waals surface area contributed by atoms with Crippen molar-refractivity contribution in [3.05, 3.63) is 54.6 Å². The van der Waals surface area contributed by atoms with Crippen LogP contribution in [0.1, 0.15) is 12.5 Å². The molecule has 0 saturated heterocycles. The molecule has 0 aliphatic rings. The van der Waals surface area contributed by atoms with Crippen LogP contribution in [0.2, 0.25) is 0 Å². The Hall–Kier alpha value is -3.41. The summed E-state index contributed by atoms with van der Waals surface area (Å²) in [6.07, 6.45) is 0. The molecule has 0 fully saturated rings. The predicted octanol–water partition coefficient (Wildman–Crippen LogP) is 3.27. The molecule has 0 atom stereocenters. The summed E-state index contributed by atoms with van der Waals surface area (Å²) in [5, 5.41) is 14.7. The molecule has 0 spiro atoms. The highest BCUT2D eigenvalue weighted by Gasteiger charge is 2.15. The molecule has 2 aromatic carbocycles. The van der Waals surface area contributed by atoms with E-state index in [1.54, 1.807) is 24.3 Å². The fourth-order valence-electron chi connectivity index (χ4n) is 2.73. The molecule has 24 heavy (non-hydrogen) atoms. The minimum absolute atomic E-state index is 0.195. The molecule has 6 nitrogen and oxygen atoms in total. The average molecular weight is 317 g/mol. The predicted molar refractivity (Wildman–Crippen MR) is 94.5 cm³/mol. The Morgan fingerprint density at radius 1 is 1.12 bits per heavy atom. The lowest BCUT2D eigenvalue weighted by Crippen LogP contribution is -2.03. The van der Waals surface area contributed by atoms with Gasteiger partial charge in [0.05, 0.1) is 5.52 Å². The van der Waals surface area contributed by atoms with E-state index in [2.05, 4.69) is 21.6 Å². The third kappa shape index (κ3) is 2.08. The zero-order chi connectivity index (χ0) is 16.8. The first kappa shape index (κ1) is 14.2. The van der Waals surface area contributed by atoms with Gasteiger partial charge in [-0.3, -0.25) is 0 Å². The summed E-state index contributed by atoms with van der Waals surface area (Å²) < 4.78 is 1.53. The molecular formula is C18H15N5O. The smallest absolute Gasteiger partial charge is 0.223 e. The fraction of sp³-hybridized carbons (Fsp3) is 0.0556. The highest BCUT2D eigenvalue weighted by Crippen LogP contribution is 2.28. The van der Waals surface area contributed by atoms with Crippen molar-refractivity contribution in [1.29, 1.82) is 0 Å². The summed E-state index contributed by atoms with van der Waals surface area (Å²) in [6, 6.07) is 12.6. The molecule has 0 aliphatic carbocycles. The summed E-state index contributed by atoms with van der Waals surface area (Å²) >= 11 is 0. The van der Waals surface area contributed by atoms with E-state index >= 15 is 0 Å². The van der Waals surface area contributed by atoms with Crippen LogP contribution in [0.15, 0.2) is 49.0 Å². The number of phenolic OH excluding ortho intramolecular Hbond substituents is 1. The lowest BCUT2D eigenvalue weighted by atomic mass is 10.1. The number of fused-ring (bicyclic) bond motifs is 3. The van der Waals surface area contributed by atoms with Gasteiger partial charge in [-0.2, -0.15) is 4.52 Å². The van der Waals surface area contributed by atoms with E-state index in [-0.39, 0.29) is 11.7 Å². The van der Waals surface area contributed by atoms with Crippen molar-refractivity contribution in [2.45, 2.75) is 6.92 Å². The number of anilines is 1. The number of nitrogens with two attached hydrogens (primary N) is 1. The van der Waals surface area contributed by atoms with Crippen LogP contribution in [-0.2, 0) is 0 Å². The molecule has 3 N–H and O–H groups in total. The second-order valence-electron chi connectivity index (χ2n) is 5.67. The fourth-order valence-corrected chi connectivity index (χ4v) is 2.73. The van der Waals surface area contributed by atoms with Gasteiger partial charge in [-0.05, 0) is 42.8 Å². The molecule has 0 unspecified atom stereocenters. The van der Waals surface area contributed by atoms with Crippen molar-refractivity contribution in [3.8, 4) is 17.1 Å². The molecule has 0 amide bonds. The van der Waals surface area contributed by atoms with Crippen LogP contribution in [0.25, 0.3) is 33.5 Å². The number of para-hydroxylation sites is 1. The minimum Gasteiger partial charge on any atom is -0.508 e. The van der Waals surface area contributed by atoms with Crippen LogP contribution in [-0.4, -0.2) is 24.7 Å². The first-order valence-corrected chi connectivity index (χ1v) is 7.45. The Labute approximate surface area is 137 Å². The van der Waals surface area contributed by atoms with Crippen molar-refractivity contribution in [2.75, 3.05) is 5.73 Å². The number of nitrogens with zero attached hydrogens (tertiary/aromatic N) is 4. The Morgan fingerprint density at radius 2 is 1.88 bits per heavy atom. The number of nitrogen functional groups attached to an aromatic ring is 1. The number of aromatic nitrogens is 4. The summed E-state index contributed by atoms with van der Waals surface area (Å²) in [7, 11) is 0. The van der Waals surface area contributed by atoms with Gasteiger partial charge in [-0.1, -0.05) is 18.7 Å². The molecule has 4 rings (SSSR count). The van der Waals surface area contributed by atoms with Gasteiger partial charge in [-0.25, -0.2) is 9.97 Å². The lowest BCUT2D eigenvalue weighted by Gasteiger charge is -2.07. The number of benzene rings is 2. The van der Waals surface area contributed by atoms with E-state index in [0.717, 1.165) is 27.6 Å². The zero-order valence-electron chi connectivity index (χ0n) is 13.1. The van der Waals surface area contributed by atoms with Crippen molar-refractivity contribution < 1.29 is 5.11 Å². The maximum atomic E-state index is 9.43. The second-order valence-corrected chi connectivity index (χ2v) is 5.67. The number of aromatic hydroxyl groups is 1. The molecule has 118 valence electrons. The molecule has 2 heterocycles. The second kappa shape index (κ2) is 5.06. The average Bonchev–Trinajstić information content (AvgIpc) is 3.01. The van der Waals surface area contributed by atoms with Crippen LogP contribution in [0.4, 0.5) is 5.95 Å². The van der Waals surface area contributed by atoms with Gasteiger partial charge >= 0.3 is 0 Å². The van der Waals surface area contributed by atoms with E-state index in [9.17, 15) is 5.11 Å². The number of hydrogen-bond donors (Lipinski definition) is 2. The summed E-state index contributed by atoms with van der Waals surface area (Å²) in [6.45, 7) is 5.93. The minimum atomic E-state index is 0.195. The Bertz CT molecular complexity index is 1100. The van der Waals surface area contributed by atoms with Crippen molar-refractivity contribution in [2.24, 2.45) is 0 Å². The van der Waals surface area contributed by atoms with Crippen LogP contribution in [0.5, 0.6) is 5.75 Å². The molecule has 6 heteroatoms. The van der Waals surface area contributed by atoms with Crippen molar-refractivity contribution in [1.82, 2.24) is 19.6 Å². The quantitative estimate of drug-likeness (QED) is 0.592. The molecule has 0 radical (unpaired) electrons. The third-order valence-electron chi connectivity index (χ3n) is 3.91. The zero-order valence-corrected chi connectivity index (χ0v) is 13.1. The summed E-state index contributed by atoms with van der Waals surface area (Å²) in [5.41, 5.74) is 10.1. The van der Waals surface area contributed by atoms with Crippen LogP contribution >= 0.6 is 0 Å². The van der Waals surface area contributed by atoms with E-state index in [4.69, 9.17) is 5.73 Å². The van der Waals surface area contributed by atoms with Gasteiger partial charge in [0.15, 0.2) is 11.5 Å². The molecule has 0 saturated carbocycles. The Kier molecular flexibility index (Phi) is 2.99. The maximum absolute atomic E-state index is 9.43. The molecule has 2 aromatic heterocycles. The number of phenols is 1. The van der Waals surface area contributed by atoms with Crippen LogP contribution in [0.3, 0.4) is 0 Å². The largest absolute Gasteiger partial charge is 0.508 e. The third-order valence-corrected chi connectivity index (χ3v) is 3.91. The van der Waals surface area contributed by atoms with Gasteiger partial charge < -0.3 is 10.8 Å². The highest BCUT2D eigenvalue weighted by atomic mass is 16.3. The Morgan fingerprint density at radius 3 is 2.58 bits per heavy atom. The molecule has 0 bridgehead atoms. The van der Waals surface area contributed by atoms with Gasteiger partial charge in [0.1, 0.15) is 5.75 Å². The monoisotopic (exact) mass is 317 g/mol. The van der Waals surface area contributed by atoms with Gasteiger partial charge in [0, 0.05) is 16.5 Å². The molecule has 0 aliphatic heterocycles. The summed E-state index contributed by atoms with van der Waals surface area (Å²) in [4.78, 5) is 9.11. The normalized spacial score (nSPS) is 11.2. The summed E-state index contributed by atoms with van der Waals surface area (Å²) in [5.74, 6) is 0.987. The van der Waals surface area contributed by atoms with Crippen LogP contribution in [0, 0.1) is 0 Å². The van der Waals surface area contributed by atoms with Crippen molar-refractivity contribution in [3.63, 3.8) is 0 Å². The maximum Gasteiger partial charge on any atom is 0.223 e. The number of hydrogen-bond acceptors (Lipinski definition) is 5. The van der Waals surface area contributed by atoms with Gasteiger partial charge in [-0.15, -0.1) is 5.10 Å². The van der Waals surface area contributed by atoms with E-state index in [1.807, 2.05) is 25.1 Å². The van der Waals surface area contributed by atoms with E-state index in [0.29, 0.717) is 11.5 Å². The first-order chi connectivity index (χ1) is 11.5. The highest BCUT2D eigenvalue weighted by molar-refractivity contribution is 5.98. The standard InChI is InChI=1S/C18H15N5O/c1-10(2)13-4-3-5-14-15(13)20-18(19)23-17(14)21-16(22-23)11-6-8-12(24)9-7-11/h3-9,24H,1H2,2H3,(H2,19,20).